The maximum absolute atomic E-state index is 12.0. The minimum atomic E-state index is -0.828. The smallest absolute Gasteiger partial charge is 0.311 e. The summed E-state index contributed by atoms with van der Waals surface area (Å²) in [5, 5.41) is 15.3. The zero-order valence-electron chi connectivity index (χ0n) is 11.5. The van der Waals surface area contributed by atoms with Crippen LogP contribution in [0, 0.1) is 11.3 Å². The Balaban J connectivity index is 2.57. The van der Waals surface area contributed by atoms with E-state index in [4.69, 9.17) is 0 Å². The summed E-state index contributed by atoms with van der Waals surface area (Å²) in [6.07, 6.45) is 1.88. The zero-order valence-corrected chi connectivity index (χ0v) is 11.5. The average molecular weight is 256 g/mol. The Bertz CT molecular complexity index is 313. The maximum Gasteiger partial charge on any atom is 0.311 e. The first kappa shape index (κ1) is 15.0. The molecule has 0 aliphatic carbocycles. The third-order valence-electron chi connectivity index (χ3n) is 4.27. The molecule has 1 rings (SSSR count). The van der Waals surface area contributed by atoms with E-state index in [9.17, 15) is 14.7 Å². The largest absolute Gasteiger partial charge is 0.481 e. The maximum atomic E-state index is 12.0. The molecule has 0 radical (unpaired) electrons. The van der Waals surface area contributed by atoms with Gasteiger partial charge in [-0.2, -0.15) is 0 Å². The highest BCUT2D eigenvalue weighted by atomic mass is 16.4. The summed E-state index contributed by atoms with van der Waals surface area (Å²) in [7, 11) is 0. The molecular formula is C13H24N2O3. The molecule has 2 unspecified atom stereocenters. The molecule has 1 aliphatic heterocycles. The topological polar surface area (TPSA) is 78.4 Å². The van der Waals surface area contributed by atoms with Gasteiger partial charge in [0, 0.05) is 12.6 Å². The number of amides is 1. The molecule has 5 heteroatoms. The second-order valence-corrected chi connectivity index (χ2v) is 5.15. The normalized spacial score (nSPS) is 23.9. The molecular weight excluding hydrogens is 232 g/mol. The van der Waals surface area contributed by atoms with Gasteiger partial charge in [-0.1, -0.05) is 13.8 Å². The molecule has 1 amide bonds. The van der Waals surface area contributed by atoms with Gasteiger partial charge < -0.3 is 15.7 Å². The Morgan fingerprint density at radius 3 is 2.39 bits per heavy atom. The average Bonchev–Trinajstić information content (AvgIpc) is 2.77. The van der Waals surface area contributed by atoms with Gasteiger partial charge >= 0.3 is 5.97 Å². The summed E-state index contributed by atoms with van der Waals surface area (Å²) in [5.41, 5.74) is -0.828. The molecule has 0 saturated carbocycles. The molecule has 1 saturated heterocycles. The van der Waals surface area contributed by atoms with Gasteiger partial charge in [0.2, 0.25) is 5.91 Å². The quantitative estimate of drug-likeness (QED) is 0.662. The van der Waals surface area contributed by atoms with E-state index in [0.717, 1.165) is 13.0 Å². The van der Waals surface area contributed by atoms with Crippen LogP contribution in [0.3, 0.4) is 0 Å². The summed E-state index contributed by atoms with van der Waals surface area (Å²) < 4.78 is 0. The van der Waals surface area contributed by atoms with Crippen LogP contribution in [0.4, 0.5) is 0 Å². The van der Waals surface area contributed by atoms with Crippen molar-refractivity contribution in [2.75, 3.05) is 13.1 Å². The van der Waals surface area contributed by atoms with Crippen molar-refractivity contribution in [3.63, 3.8) is 0 Å². The van der Waals surface area contributed by atoms with Crippen LogP contribution in [0.2, 0.25) is 0 Å². The van der Waals surface area contributed by atoms with Crippen molar-refractivity contribution in [1.29, 1.82) is 0 Å². The van der Waals surface area contributed by atoms with Gasteiger partial charge in [0.25, 0.3) is 0 Å². The number of hydrogen-bond acceptors (Lipinski definition) is 3. The Labute approximate surface area is 108 Å². The number of nitrogens with one attached hydrogen (secondary N) is 2. The van der Waals surface area contributed by atoms with Gasteiger partial charge in [0.15, 0.2) is 0 Å². The number of hydrogen-bond donors (Lipinski definition) is 3. The fourth-order valence-electron chi connectivity index (χ4n) is 2.48. The predicted octanol–water partition coefficient (Wildman–Crippen LogP) is 0.992. The van der Waals surface area contributed by atoms with Gasteiger partial charge in [0.1, 0.15) is 0 Å². The molecule has 0 aromatic heterocycles. The minimum Gasteiger partial charge on any atom is -0.481 e. The molecule has 0 spiro atoms. The lowest BCUT2D eigenvalue weighted by Crippen LogP contribution is -2.45. The molecule has 0 bridgehead atoms. The summed E-state index contributed by atoms with van der Waals surface area (Å²) in [4.78, 5) is 23.3. The lowest BCUT2D eigenvalue weighted by Gasteiger charge is -2.27. The molecule has 1 heterocycles. The van der Waals surface area contributed by atoms with Crippen molar-refractivity contribution < 1.29 is 14.7 Å². The van der Waals surface area contributed by atoms with Crippen LogP contribution >= 0.6 is 0 Å². The second kappa shape index (κ2) is 6.18. The van der Waals surface area contributed by atoms with Crippen molar-refractivity contribution in [1.82, 2.24) is 10.6 Å². The highest BCUT2D eigenvalue weighted by Gasteiger charge is 2.37. The van der Waals surface area contributed by atoms with Gasteiger partial charge in [-0.05, 0) is 32.7 Å². The second-order valence-electron chi connectivity index (χ2n) is 5.15. The number of carboxylic acids is 1. The van der Waals surface area contributed by atoms with Crippen LogP contribution in [-0.2, 0) is 9.59 Å². The highest BCUT2D eigenvalue weighted by Crippen LogP contribution is 2.26. The summed E-state index contributed by atoms with van der Waals surface area (Å²) in [6.45, 7) is 6.76. The molecule has 18 heavy (non-hydrogen) atoms. The fraction of sp³-hybridized carbons (Fsp3) is 0.846. The van der Waals surface area contributed by atoms with Crippen LogP contribution in [-0.4, -0.2) is 36.1 Å². The van der Waals surface area contributed by atoms with Gasteiger partial charge in [-0.3, -0.25) is 9.59 Å². The summed E-state index contributed by atoms with van der Waals surface area (Å²) in [6, 6.07) is 0.174. The molecule has 1 fully saturated rings. The molecule has 0 aromatic rings. The monoisotopic (exact) mass is 256 g/mol. The van der Waals surface area contributed by atoms with Gasteiger partial charge in [-0.25, -0.2) is 0 Å². The number of carbonyl (C=O) groups is 2. The van der Waals surface area contributed by atoms with Crippen molar-refractivity contribution in [3.8, 4) is 0 Å². The molecule has 1 aliphatic rings. The fourth-order valence-corrected chi connectivity index (χ4v) is 2.48. The van der Waals surface area contributed by atoms with Crippen LogP contribution in [0.1, 0.15) is 40.0 Å². The Hall–Kier alpha value is -1.10. The summed E-state index contributed by atoms with van der Waals surface area (Å²) >= 11 is 0. The van der Waals surface area contributed by atoms with Crippen molar-refractivity contribution in [2.24, 2.45) is 11.3 Å². The van der Waals surface area contributed by atoms with Crippen molar-refractivity contribution in [2.45, 2.75) is 46.1 Å². The van der Waals surface area contributed by atoms with Crippen molar-refractivity contribution >= 4 is 11.9 Å². The van der Waals surface area contributed by atoms with E-state index in [2.05, 4.69) is 10.6 Å². The SMILES string of the molecule is CCC(CC)(CNC(=O)C1CCNC1C)C(=O)O. The molecule has 3 N–H and O–H groups in total. The van der Waals surface area contributed by atoms with Crippen molar-refractivity contribution in [3.05, 3.63) is 0 Å². The van der Waals surface area contributed by atoms with Gasteiger partial charge in [0.05, 0.1) is 11.3 Å². The number of carboxylic acid groups (broad SMARTS) is 1. The van der Waals surface area contributed by atoms with E-state index >= 15 is 0 Å². The van der Waals surface area contributed by atoms with E-state index in [1.165, 1.54) is 0 Å². The number of rotatable bonds is 6. The first-order chi connectivity index (χ1) is 8.46. The van der Waals surface area contributed by atoms with Crippen LogP contribution < -0.4 is 10.6 Å². The Kier molecular flexibility index (Phi) is 5.14. The lowest BCUT2D eigenvalue weighted by molar-refractivity contribution is -0.149. The predicted molar refractivity (Wildman–Crippen MR) is 69.2 cm³/mol. The molecule has 104 valence electrons. The zero-order chi connectivity index (χ0) is 13.8. The Morgan fingerprint density at radius 2 is 2.00 bits per heavy atom. The Morgan fingerprint density at radius 1 is 1.39 bits per heavy atom. The third kappa shape index (κ3) is 3.02. The molecule has 0 aromatic carbocycles. The van der Waals surface area contributed by atoms with E-state index in [-0.39, 0.29) is 24.4 Å². The standard InChI is InChI=1S/C13H24N2O3/c1-4-13(5-2,12(17)18)8-15-11(16)10-6-7-14-9(10)3/h9-10,14H,4-8H2,1-3H3,(H,15,16)(H,17,18). The van der Waals surface area contributed by atoms with E-state index in [0.29, 0.717) is 12.8 Å². The van der Waals surface area contributed by atoms with Crippen LogP contribution in [0.5, 0.6) is 0 Å². The van der Waals surface area contributed by atoms with Crippen LogP contribution in [0.25, 0.3) is 0 Å². The lowest BCUT2D eigenvalue weighted by atomic mass is 9.82. The summed E-state index contributed by atoms with van der Waals surface area (Å²) in [5.74, 6) is -0.893. The molecule has 5 nitrogen and oxygen atoms in total. The van der Waals surface area contributed by atoms with E-state index in [1.54, 1.807) is 0 Å². The van der Waals surface area contributed by atoms with E-state index in [1.807, 2.05) is 20.8 Å². The molecule has 2 atom stereocenters. The number of aliphatic carboxylic acids is 1. The third-order valence-corrected chi connectivity index (χ3v) is 4.27. The first-order valence-electron chi connectivity index (χ1n) is 6.71. The van der Waals surface area contributed by atoms with E-state index < -0.39 is 11.4 Å². The minimum absolute atomic E-state index is 0.0278. The van der Waals surface area contributed by atoms with Crippen LogP contribution in [0.15, 0.2) is 0 Å². The first-order valence-corrected chi connectivity index (χ1v) is 6.71. The van der Waals surface area contributed by atoms with Gasteiger partial charge in [-0.15, -0.1) is 0 Å². The highest BCUT2D eigenvalue weighted by molar-refractivity contribution is 5.81. The number of carbonyl (C=O) groups excluding carboxylic acids is 1.